The van der Waals surface area contributed by atoms with E-state index in [0.717, 1.165) is 62.1 Å². The molecule has 3 atom stereocenters. The molecule has 258 valence electrons. The Kier molecular flexibility index (Phi) is 8.52. The van der Waals surface area contributed by atoms with Gasteiger partial charge in [-0.25, -0.2) is 4.79 Å². The predicted molar refractivity (Wildman–Crippen MR) is 190 cm³/mol. The van der Waals surface area contributed by atoms with Crippen molar-refractivity contribution in [3.63, 3.8) is 0 Å². The van der Waals surface area contributed by atoms with Gasteiger partial charge in [0.15, 0.2) is 0 Å². The number of likely N-dealkylation sites (tertiary alicyclic amines) is 1. The monoisotopic (exact) mass is 667 g/mol. The summed E-state index contributed by atoms with van der Waals surface area (Å²) in [4.78, 5) is 33.1. The first-order chi connectivity index (χ1) is 23.3. The average Bonchev–Trinajstić information content (AvgIpc) is 3.75. The third-order valence-electron chi connectivity index (χ3n) is 11.0. The number of nitrogens with one attached hydrogen (secondary N) is 1. The van der Waals surface area contributed by atoms with Crippen molar-refractivity contribution < 1.29 is 33.1 Å². The van der Waals surface area contributed by atoms with Crippen LogP contribution in [0.5, 0.6) is 5.75 Å². The first-order valence-corrected chi connectivity index (χ1v) is 17.2. The molecule has 0 bridgehead atoms. The molecule has 2 amide bonds. The smallest absolute Gasteiger partial charge is 0.488 e. The Morgan fingerprint density at radius 2 is 1.80 bits per heavy atom. The van der Waals surface area contributed by atoms with Crippen LogP contribution in [0, 0.1) is 11.8 Å². The van der Waals surface area contributed by atoms with E-state index in [4.69, 9.17) is 28.5 Å². The summed E-state index contributed by atoms with van der Waals surface area (Å²) < 4.78 is 29.4. The molecule has 0 spiro atoms. The van der Waals surface area contributed by atoms with Gasteiger partial charge < -0.3 is 33.7 Å². The number of alkyl carbamates (subject to hydrolysis) is 1. The summed E-state index contributed by atoms with van der Waals surface area (Å²) in [5.74, 6) is 0.762. The standard InChI is InChI=1S/C38H46BN3O7/c1-21(2)34(41-36(44)46-8)35(43)42-18-22(19-45-7)13-32(42)31-16-28-27-17-33-29(15-23(27)9-12-30(28)40-31)26-11-10-25(14-24(26)20-47-33)39-48-37(3,4)38(5,6)49-39/h9-12,14-15,17,21-22,32,34H,13,16,18-20H2,1-8H3,(H,41,44)/t22-,32-,34?/m0/s1. The lowest BCUT2D eigenvalue weighted by atomic mass is 9.77. The number of ether oxygens (including phenoxy) is 3. The molecule has 0 radical (unpaired) electrons. The van der Waals surface area contributed by atoms with Crippen molar-refractivity contribution in [3.05, 3.63) is 53.6 Å². The molecule has 4 aliphatic heterocycles. The Labute approximate surface area is 288 Å². The maximum absolute atomic E-state index is 14.0. The second-order valence-electron chi connectivity index (χ2n) is 15.1. The molecule has 0 saturated carbocycles. The Hall–Kier alpha value is -3.93. The van der Waals surface area contributed by atoms with Crippen LogP contribution < -0.4 is 15.5 Å². The summed E-state index contributed by atoms with van der Waals surface area (Å²) >= 11 is 0. The number of fused-ring (bicyclic) bond motifs is 6. The van der Waals surface area contributed by atoms with Crippen molar-refractivity contribution in [1.29, 1.82) is 0 Å². The van der Waals surface area contributed by atoms with Gasteiger partial charge in [-0.1, -0.05) is 38.1 Å². The van der Waals surface area contributed by atoms with Gasteiger partial charge in [0.05, 0.1) is 36.6 Å². The molecule has 49 heavy (non-hydrogen) atoms. The summed E-state index contributed by atoms with van der Waals surface area (Å²) in [6.45, 7) is 13.6. The lowest BCUT2D eigenvalue weighted by molar-refractivity contribution is -0.134. The van der Waals surface area contributed by atoms with E-state index in [9.17, 15) is 9.59 Å². The van der Waals surface area contributed by atoms with Gasteiger partial charge in [-0.2, -0.15) is 0 Å². The molecule has 7 rings (SSSR count). The molecule has 3 aromatic carbocycles. The van der Waals surface area contributed by atoms with Gasteiger partial charge in [0, 0.05) is 37.3 Å². The van der Waals surface area contributed by atoms with Gasteiger partial charge in [-0.05, 0) is 91.2 Å². The number of carbonyl (C=O) groups is 2. The van der Waals surface area contributed by atoms with Crippen LogP contribution in [0.25, 0.3) is 21.9 Å². The van der Waals surface area contributed by atoms with Crippen molar-refractivity contribution in [2.75, 3.05) is 27.4 Å². The molecule has 4 heterocycles. The van der Waals surface area contributed by atoms with Gasteiger partial charge in [0.25, 0.3) is 0 Å². The molecule has 1 unspecified atom stereocenters. The zero-order valence-corrected chi connectivity index (χ0v) is 29.7. The summed E-state index contributed by atoms with van der Waals surface area (Å²) in [6.07, 6.45) is 0.757. The van der Waals surface area contributed by atoms with Gasteiger partial charge in [0.1, 0.15) is 18.4 Å². The fourth-order valence-electron chi connectivity index (χ4n) is 7.59. The number of nitrogens with zero attached hydrogens (tertiary/aromatic N) is 2. The van der Waals surface area contributed by atoms with Gasteiger partial charge in [0.2, 0.25) is 5.91 Å². The minimum absolute atomic E-state index is 0.119. The lowest BCUT2D eigenvalue weighted by Crippen LogP contribution is -2.53. The average molecular weight is 668 g/mol. The van der Waals surface area contributed by atoms with E-state index < -0.39 is 30.5 Å². The first kappa shape index (κ1) is 33.6. The second-order valence-corrected chi connectivity index (χ2v) is 15.1. The predicted octanol–water partition coefficient (Wildman–Crippen LogP) is 5.57. The number of benzene rings is 3. The van der Waals surface area contributed by atoms with Crippen LogP contribution in [0.15, 0.2) is 47.5 Å². The maximum atomic E-state index is 14.0. The van der Waals surface area contributed by atoms with E-state index in [2.05, 4.69) is 75.5 Å². The molecular formula is C38H46BN3O7. The minimum atomic E-state index is -0.707. The number of methoxy groups -OCH3 is 2. The fraction of sp³-hybridized carbons (Fsp3) is 0.500. The number of hydrogen-bond donors (Lipinski definition) is 1. The quantitative estimate of drug-likeness (QED) is 0.329. The van der Waals surface area contributed by atoms with E-state index in [1.807, 2.05) is 18.7 Å². The normalized spacial score (nSPS) is 22.3. The molecule has 11 heteroatoms. The molecule has 3 aromatic rings. The van der Waals surface area contributed by atoms with Crippen LogP contribution in [-0.4, -0.2) is 80.4 Å². The molecule has 2 fully saturated rings. The number of rotatable bonds is 7. The van der Waals surface area contributed by atoms with E-state index in [1.54, 1.807) is 7.11 Å². The zero-order valence-electron chi connectivity index (χ0n) is 29.7. The van der Waals surface area contributed by atoms with Crippen molar-refractivity contribution in [2.24, 2.45) is 16.8 Å². The van der Waals surface area contributed by atoms with Crippen LogP contribution >= 0.6 is 0 Å². The van der Waals surface area contributed by atoms with Crippen LogP contribution in [0.2, 0.25) is 0 Å². The topological polar surface area (TPSA) is 108 Å². The molecule has 2 saturated heterocycles. The third-order valence-corrected chi connectivity index (χ3v) is 11.0. The maximum Gasteiger partial charge on any atom is 0.494 e. The highest BCUT2D eigenvalue weighted by Gasteiger charge is 2.52. The van der Waals surface area contributed by atoms with Crippen molar-refractivity contribution in [1.82, 2.24) is 10.2 Å². The van der Waals surface area contributed by atoms with Crippen LogP contribution in [0.1, 0.15) is 59.1 Å². The van der Waals surface area contributed by atoms with E-state index in [0.29, 0.717) is 26.2 Å². The summed E-state index contributed by atoms with van der Waals surface area (Å²) in [7, 11) is 2.56. The van der Waals surface area contributed by atoms with E-state index in [-0.39, 0.29) is 23.8 Å². The Morgan fingerprint density at radius 3 is 2.49 bits per heavy atom. The molecule has 0 aromatic heterocycles. The zero-order chi connectivity index (χ0) is 34.8. The highest BCUT2D eigenvalue weighted by Crippen LogP contribution is 2.44. The molecule has 1 N–H and O–H groups in total. The van der Waals surface area contributed by atoms with Crippen molar-refractivity contribution in [3.8, 4) is 16.9 Å². The van der Waals surface area contributed by atoms with Gasteiger partial charge in [-0.15, -0.1) is 0 Å². The van der Waals surface area contributed by atoms with Gasteiger partial charge >= 0.3 is 13.2 Å². The summed E-state index contributed by atoms with van der Waals surface area (Å²) in [5, 5.41) is 4.96. The minimum Gasteiger partial charge on any atom is -0.488 e. The SMILES string of the molecule is COC[C@H]1C[C@@H](C2=Nc3ccc4cc5c(cc4c3C2)OCc2cc(B3OC(C)(C)C(C)(C)O3)ccc2-5)N(C(=O)C(NC(=O)OC)C(C)C)C1. The number of carbonyl (C=O) groups excluding carboxylic acids is 2. The lowest BCUT2D eigenvalue weighted by Gasteiger charge is -2.32. The third kappa shape index (κ3) is 5.89. The van der Waals surface area contributed by atoms with E-state index in [1.165, 1.54) is 7.11 Å². The highest BCUT2D eigenvalue weighted by molar-refractivity contribution is 6.62. The Morgan fingerprint density at radius 1 is 1.04 bits per heavy atom. The summed E-state index contributed by atoms with van der Waals surface area (Å²) in [6, 6.07) is 14.0. The molecule has 10 nitrogen and oxygen atoms in total. The second kappa shape index (κ2) is 12.4. The molecule has 4 aliphatic rings. The summed E-state index contributed by atoms with van der Waals surface area (Å²) in [5.41, 5.74) is 6.48. The number of aliphatic imine (C=N–C) groups is 1. The van der Waals surface area contributed by atoms with Crippen LogP contribution in [-0.2, 0) is 36.6 Å². The van der Waals surface area contributed by atoms with Crippen LogP contribution in [0.3, 0.4) is 0 Å². The van der Waals surface area contributed by atoms with Crippen molar-refractivity contribution >= 4 is 46.8 Å². The number of amides is 2. The van der Waals surface area contributed by atoms with Crippen LogP contribution in [0.4, 0.5) is 10.5 Å². The number of hydrogen-bond acceptors (Lipinski definition) is 8. The Balaban J connectivity index is 1.16. The first-order valence-electron chi connectivity index (χ1n) is 17.2. The highest BCUT2D eigenvalue weighted by atomic mass is 16.7. The van der Waals surface area contributed by atoms with Gasteiger partial charge in [-0.3, -0.25) is 9.79 Å². The molecule has 0 aliphatic carbocycles. The van der Waals surface area contributed by atoms with Crippen molar-refractivity contribution in [2.45, 2.75) is 84.3 Å². The fourth-order valence-corrected chi connectivity index (χ4v) is 7.59. The largest absolute Gasteiger partial charge is 0.494 e. The Bertz CT molecular complexity index is 1840. The molecular weight excluding hydrogens is 621 g/mol. The van der Waals surface area contributed by atoms with E-state index >= 15 is 0 Å².